The number of furan rings is 1. The van der Waals surface area contributed by atoms with Crippen molar-refractivity contribution in [2.24, 2.45) is 0 Å². The molecule has 100 valence electrons. The third-order valence-corrected chi connectivity index (χ3v) is 3.98. The van der Waals surface area contributed by atoms with Crippen LogP contribution in [0.1, 0.15) is 30.7 Å². The van der Waals surface area contributed by atoms with Crippen molar-refractivity contribution in [1.29, 1.82) is 0 Å². The maximum Gasteiger partial charge on any atom is 0.135 e. The SMILES string of the molecule is CC(C)=Cc1oc2ccc(Cl)c3c2c1CN(C)CC3. The van der Waals surface area contributed by atoms with E-state index >= 15 is 0 Å². The summed E-state index contributed by atoms with van der Waals surface area (Å²) in [6, 6.07) is 3.93. The van der Waals surface area contributed by atoms with E-state index in [2.05, 4.69) is 31.9 Å². The van der Waals surface area contributed by atoms with Crippen molar-refractivity contribution in [3.8, 4) is 0 Å². The molecule has 2 nitrogen and oxygen atoms in total. The average molecular weight is 276 g/mol. The predicted molar refractivity (Wildman–Crippen MR) is 80.6 cm³/mol. The Morgan fingerprint density at radius 2 is 2.11 bits per heavy atom. The molecule has 2 aromatic rings. The van der Waals surface area contributed by atoms with Crippen LogP contribution in [-0.2, 0) is 13.0 Å². The molecule has 3 heteroatoms. The zero-order valence-corrected chi connectivity index (χ0v) is 12.3. The second-order valence-electron chi connectivity index (χ2n) is 5.55. The summed E-state index contributed by atoms with van der Waals surface area (Å²) in [5, 5.41) is 2.08. The molecule has 0 fully saturated rings. The van der Waals surface area contributed by atoms with Gasteiger partial charge >= 0.3 is 0 Å². The highest BCUT2D eigenvalue weighted by Crippen LogP contribution is 2.36. The summed E-state index contributed by atoms with van der Waals surface area (Å²) in [4.78, 5) is 2.32. The number of halogens is 1. The maximum absolute atomic E-state index is 6.37. The molecular formula is C16H18ClNO. The summed E-state index contributed by atoms with van der Waals surface area (Å²) >= 11 is 6.37. The smallest absolute Gasteiger partial charge is 0.135 e. The number of nitrogens with zero attached hydrogens (tertiary/aromatic N) is 1. The fourth-order valence-corrected chi connectivity index (χ4v) is 3.00. The lowest BCUT2D eigenvalue weighted by atomic mass is 10.0. The van der Waals surface area contributed by atoms with E-state index in [1.165, 1.54) is 22.1 Å². The van der Waals surface area contributed by atoms with Gasteiger partial charge in [0.25, 0.3) is 0 Å². The molecule has 0 saturated heterocycles. The summed E-state index contributed by atoms with van der Waals surface area (Å²) in [6.07, 6.45) is 3.10. The van der Waals surface area contributed by atoms with E-state index in [0.29, 0.717) is 0 Å². The van der Waals surface area contributed by atoms with Gasteiger partial charge < -0.3 is 9.32 Å². The maximum atomic E-state index is 6.37. The lowest BCUT2D eigenvalue weighted by Gasteiger charge is -2.13. The Labute approximate surface area is 118 Å². The van der Waals surface area contributed by atoms with Gasteiger partial charge in [-0.05, 0) is 51.1 Å². The van der Waals surface area contributed by atoms with Crippen molar-refractivity contribution in [2.45, 2.75) is 26.8 Å². The van der Waals surface area contributed by atoms with Crippen molar-refractivity contribution in [1.82, 2.24) is 4.90 Å². The number of allylic oxidation sites excluding steroid dienone is 1. The first-order chi connectivity index (χ1) is 9.06. The molecule has 1 aliphatic rings. The van der Waals surface area contributed by atoms with Gasteiger partial charge in [0, 0.05) is 29.1 Å². The minimum Gasteiger partial charge on any atom is -0.456 e. The van der Waals surface area contributed by atoms with E-state index in [1.54, 1.807) is 0 Å². The summed E-state index contributed by atoms with van der Waals surface area (Å²) in [5.74, 6) is 0.979. The van der Waals surface area contributed by atoms with E-state index in [-0.39, 0.29) is 0 Å². The van der Waals surface area contributed by atoms with E-state index < -0.39 is 0 Å². The zero-order valence-electron chi connectivity index (χ0n) is 11.6. The largest absolute Gasteiger partial charge is 0.456 e. The highest BCUT2D eigenvalue weighted by Gasteiger charge is 2.22. The van der Waals surface area contributed by atoms with Crippen molar-refractivity contribution in [3.63, 3.8) is 0 Å². The lowest BCUT2D eigenvalue weighted by Crippen LogP contribution is -2.18. The second-order valence-corrected chi connectivity index (χ2v) is 5.96. The van der Waals surface area contributed by atoms with Crippen molar-refractivity contribution >= 4 is 28.6 Å². The Kier molecular flexibility index (Phi) is 3.15. The van der Waals surface area contributed by atoms with Crippen LogP contribution in [0.5, 0.6) is 0 Å². The number of likely N-dealkylation sites (N-methyl/N-ethyl adjacent to an activating group) is 1. The Hall–Kier alpha value is -1.25. The number of hydrogen-bond acceptors (Lipinski definition) is 2. The van der Waals surface area contributed by atoms with Crippen LogP contribution in [-0.4, -0.2) is 18.5 Å². The fraction of sp³-hybridized carbons (Fsp3) is 0.375. The van der Waals surface area contributed by atoms with Crippen molar-refractivity contribution < 1.29 is 4.42 Å². The van der Waals surface area contributed by atoms with Crippen LogP contribution < -0.4 is 0 Å². The first-order valence-electron chi connectivity index (χ1n) is 6.62. The van der Waals surface area contributed by atoms with Crippen molar-refractivity contribution in [3.05, 3.63) is 39.6 Å². The first kappa shape index (κ1) is 12.8. The molecule has 0 radical (unpaired) electrons. The molecule has 0 N–H and O–H groups in total. The summed E-state index contributed by atoms with van der Waals surface area (Å²) in [5.41, 5.74) is 4.71. The first-order valence-corrected chi connectivity index (χ1v) is 7.00. The van der Waals surface area contributed by atoms with Crippen LogP contribution in [0.4, 0.5) is 0 Å². The summed E-state index contributed by atoms with van der Waals surface area (Å²) in [6.45, 7) is 6.13. The van der Waals surface area contributed by atoms with Gasteiger partial charge in [0.1, 0.15) is 11.3 Å². The van der Waals surface area contributed by atoms with Gasteiger partial charge in [-0.1, -0.05) is 17.2 Å². The molecule has 2 heterocycles. The molecule has 0 saturated carbocycles. The molecule has 1 aromatic carbocycles. The lowest BCUT2D eigenvalue weighted by molar-refractivity contribution is 0.334. The van der Waals surface area contributed by atoms with Crippen molar-refractivity contribution in [2.75, 3.05) is 13.6 Å². The Morgan fingerprint density at radius 1 is 1.32 bits per heavy atom. The topological polar surface area (TPSA) is 16.4 Å². The molecule has 0 bridgehead atoms. The van der Waals surface area contributed by atoms with E-state index in [9.17, 15) is 0 Å². The third-order valence-electron chi connectivity index (χ3n) is 3.63. The van der Waals surface area contributed by atoms with E-state index in [4.69, 9.17) is 16.0 Å². The standard InChI is InChI=1S/C16H18ClNO/c1-10(2)8-15-12-9-18(3)7-6-11-13(17)4-5-14(19-15)16(11)12/h4-5,8H,6-7,9H2,1-3H3. The number of hydrogen-bond donors (Lipinski definition) is 0. The highest BCUT2D eigenvalue weighted by atomic mass is 35.5. The molecule has 0 spiro atoms. The van der Waals surface area contributed by atoms with Crippen LogP contribution in [0.2, 0.25) is 5.02 Å². The quantitative estimate of drug-likeness (QED) is 0.762. The Balaban J connectivity index is 2.33. The van der Waals surface area contributed by atoms with E-state index in [1.807, 2.05) is 12.1 Å². The summed E-state index contributed by atoms with van der Waals surface area (Å²) in [7, 11) is 2.14. The molecule has 0 unspecified atom stereocenters. The van der Waals surface area contributed by atoms with Gasteiger partial charge in [-0.15, -0.1) is 0 Å². The van der Waals surface area contributed by atoms with Gasteiger partial charge in [0.15, 0.2) is 0 Å². The molecule has 19 heavy (non-hydrogen) atoms. The van der Waals surface area contributed by atoms with Gasteiger partial charge in [-0.2, -0.15) is 0 Å². The van der Waals surface area contributed by atoms with Gasteiger partial charge in [-0.3, -0.25) is 0 Å². The average Bonchev–Trinajstić information content (AvgIpc) is 2.55. The van der Waals surface area contributed by atoms with Gasteiger partial charge in [0.05, 0.1) is 0 Å². The Morgan fingerprint density at radius 3 is 2.84 bits per heavy atom. The molecule has 0 amide bonds. The number of rotatable bonds is 1. The minimum absolute atomic E-state index is 0.855. The van der Waals surface area contributed by atoms with Crippen LogP contribution in [0.25, 0.3) is 17.0 Å². The predicted octanol–water partition coefficient (Wildman–Crippen LogP) is 4.50. The third kappa shape index (κ3) is 2.19. The highest BCUT2D eigenvalue weighted by molar-refractivity contribution is 6.32. The molecule has 3 rings (SSSR count). The van der Waals surface area contributed by atoms with Crippen LogP contribution in [0.3, 0.4) is 0 Å². The van der Waals surface area contributed by atoms with Gasteiger partial charge in [0.2, 0.25) is 0 Å². The number of benzene rings is 1. The molecule has 0 atom stereocenters. The zero-order chi connectivity index (χ0) is 13.6. The van der Waals surface area contributed by atoms with Crippen LogP contribution >= 0.6 is 11.6 Å². The monoisotopic (exact) mass is 275 g/mol. The Bertz CT molecular complexity index is 665. The van der Waals surface area contributed by atoms with Gasteiger partial charge in [-0.25, -0.2) is 0 Å². The minimum atomic E-state index is 0.855. The van der Waals surface area contributed by atoms with Crippen LogP contribution in [0, 0.1) is 0 Å². The fourth-order valence-electron chi connectivity index (χ4n) is 2.75. The normalized spacial score (nSPS) is 15.6. The molecule has 1 aliphatic heterocycles. The second kappa shape index (κ2) is 4.69. The summed E-state index contributed by atoms with van der Waals surface area (Å²) < 4.78 is 6.02. The van der Waals surface area contributed by atoms with E-state index in [0.717, 1.165) is 35.9 Å². The molecule has 1 aromatic heterocycles. The molecule has 0 aliphatic carbocycles. The molecular weight excluding hydrogens is 258 g/mol. The van der Waals surface area contributed by atoms with Crippen LogP contribution in [0.15, 0.2) is 22.1 Å².